The molecule has 2 unspecified atom stereocenters. The van der Waals surface area contributed by atoms with E-state index in [0.29, 0.717) is 0 Å². The van der Waals surface area contributed by atoms with Gasteiger partial charge in [0.15, 0.2) is 12.4 Å². The predicted octanol–water partition coefficient (Wildman–Crippen LogP) is -0.848. The quantitative estimate of drug-likeness (QED) is 0.571. The van der Waals surface area contributed by atoms with Crippen LogP contribution in [0.1, 0.15) is 10.4 Å². The third-order valence-corrected chi connectivity index (χ3v) is 2.40. The van der Waals surface area contributed by atoms with Gasteiger partial charge in [-0.25, -0.2) is 4.79 Å². The summed E-state index contributed by atoms with van der Waals surface area (Å²) < 4.78 is 4.72. The molecule has 0 radical (unpaired) electrons. The van der Waals surface area contributed by atoms with Gasteiger partial charge in [-0.2, -0.15) is 0 Å². The van der Waals surface area contributed by atoms with Crippen molar-refractivity contribution in [2.45, 2.75) is 12.1 Å². The second kappa shape index (κ2) is 6.62. The first-order valence-electron chi connectivity index (χ1n) is 5.42. The van der Waals surface area contributed by atoms with E-state index < -0.39 is 36.4 Å². The van der Waals surface area contributed by atoms with Crippen molar-refractivity contribution >= 4 is 17.7 Å². The third-order valence-electron chi connectivity index (χ3n) is 2.40. The molecule has 2 atom stereocenters. The Morgan fingerprint density at radius 2 is 1.68 bits per heavy atom. The van der Waals surface area contributed by atoms with Gasteiger partial charge < -0.3 is 21.3 Å². The molecule has 1 rings (SSSR count). The molecule has 0 aromatic heterocycles. The van der Waals surface area contributed by atoms with Gasteiger partial charge in [-0.05, 0) is 12.1 Å². The van der Waals surface area contributed by atoms with E-state index in [9.17, 15) is 14.4 Å². The molecule has 7 nitrogen and oxygen atoms in total. The lowest BCUT2D eigenvalue weighted by Crippen LogP contribution is -2.52. The van der Waals surface area contributed by atoms with Crippen molar-refractivity contribution in [1.82, 2.24) is 0 Å². The molecule has 0 aliphatic carbocycles. The van der Waals surface area contributed by atoms with Gasteiger partial charge in [0, 0.05) is 0 Å². The predicted molar refractivity (Wildman–Crippen MR) is 65.3 cm³/mol. The number of aliphatic carboxylic acids is 1. The number of nitrogens with two attached hydrogens (primary N) is 2. The van der Waals surface area contributed by atoms with Gasteiger partial charge in [0.25, 0.3) is 0 Å². The van der Waals surface area contributed by atoms with Gasteiger partial charge in [-0.15, -0.1) is 0 Å². The van der Waals surface area contributed by atoms with Crippen LogP contribution in [0.2, 0.25) is 0 Å². The largest absolute Gasteiger partial charge is 0.480 e. The lowest BCUT2D eigenvalue weighted by Gasteiger charge is -2.14. The molecule has 1 aromatic carbocycles. The number of ketones is 1. The van der Waals surface area contributed by atoms with Crippen molar-refractivity contribution in [2.75, 3.05) is 6.61 Å². The van der Waals surface area contributed by atoms with Crippen molar-refractivity contribution in [3.63, 3.8) is 0 Å². The minimum atomic E-state index is -1.53. The first kappa shape index (κ1) is 14.8. The first-order chi connectivity index (χ1) is 8.93. The Kier molecular flexibility index (Phi) is 5.16. The fourth-order valence-corrected chi connectivity index (χ4v) is 1.24. The van der Waals surface area contributed by atoms with E-state index in [2.05, 4.69) is 0 Å². The molecule has 0 saturated carbocycles. The normalized spacial score (nSPS) is 13.4. The van der Waals surface area contributed by atoms with Crippen LogP contribution in [0.15, 0.2) is 30.3 Å². The van der Waals surface area contributed by atoms with Crippen molar-refractivity contribution in [3.8, 4) is 0 Å². The van der Waals surface area contributed by atoms with Crippen molar-refractivity contribution in [3.05, 3.63) is 35.9 Å². The average molecular weight is 266 g/mol. The lowest BCUT2D eigenvalue weighted by molar-refractivity contribution is -0.141. The van der Waals surface area contributed by atoms with E-state index in [0.717, 1.165) is 0 Å². The molecular formula is C12H14N2O5. The van der Waals surface area contributed by atoms with Gasteiger partial charge in [-0.1, -0.05) is 18.2 Å². The maximum Gasteiger partial charge on any atom is 0.338 e. The smallest absolute Gasteiger partial charge is 0.338 e. The van der Waals surface area contributed by atoms with Gasteiger partial charge in [0.05, 0.1) is 11.6 Å². The summed E-state index contributed by atoms with van der Waals surface area (Å²) in [6, 6.07) is 5.12. The number of ether oxygens (including phenoxy) is 1. The topological polar surface area (TPSA) is 133 Å². The highest BCUT2D eigenvalue weighted by Gasteiger charge is 2.27. The fourth-order valence-electron chi connectivity index (χ4n) is 1.24. The van der Waals surface area contributed by atoms with Crippen molar-refractivity contribution in [2.24, 2.45) is 11.5 Å². The van der Waals surface area contributed by atoms with E-state index in [1.54, 1.807) is 18.2 Å². The number of carbonyl (C=O) groups is 3. The van der Waals surface area contributed by atoms with Crippen LogP contribution < -0.4 is 11.5 Å². The Morgan fingerprint density at radius 3 is 2.21 bits per heavy atom. The zero-order valence-corrected chi connectivity index (χ0v) is 9.98. The lowest BCUT2D eigenvalue weighted by atomic mass is 10.1. The summed E-state index contributed by atoms with van der Waals surface area (Å²) in [6.07, 6.45) is 0. The van der Waals surface area contributed by atoms with Crippen LogP contribution in [-0.2, 0) is 14.3 Å². The van der Waals surface area contributed by atoms with Crippen LogP contribution in [0.5, 0.6) is 0 Å². The van der Waals surface area contributed by atoms with E-state index in [-0.39, 0.29) is 5.56 Å². The van der Waals surface area contributed by atoms with E-state index in [1.165, 1.54) is 12.1 Å². The summed E-state index contributed by atoms with van der Waals surface area (Å²) in [7, 11) is 0. The van der Waals surface area contributed by atoms with Gasteiger partial charge in [0.1, 0.15) is 6.04 Å². The third kappa shape index (κ3) is 4.16. The molecule has 5 N–H and O–H groups in total. The number of hydrogen-bond donors (Lipinski definition) is 3. The number of hydrogen-bond acceptors (Lipinski definition) is 6. The molecule has 102 valence electrons. The maximum absolute atomic E-state index is 11.5. The second-order valence-electron chi connectivity index (χ2n) is 3.80. The number of rotatable bonds is 6. The molecule has 0 spiro atoms. The van der Waals surface area contributed by atoms with E-state index in [1.807, 2.05) is 0 Å². The van der Waals surface area contributed by atoms with Crippen LogP contribution in [0.25, 0.3) is 0 Å². The molecule has 0 fully saturated rings. The Labute approximate surface area is 109 Å². The van der Waals surface area contributed by atoms with Crippen LogP contribution in [-0.4, -0.2) is 41.5 Å². The molecule has 0 heterocycles. The van der Waals surface area contributed by atoms with Crippen molar-refractivity contribution < 1.29 is 24.2 Å². The molecule has 7 heteroatoms. The molecule has 0 aliphatic heterocycles. The first-order valence-corrected chi connectivity index (χ1v) is 5.42. The van der Waals surface area contributed by atoms with E-state index in [4.69, 9.17) is 21.3 Å². The highest BCUT2D eigenvalue weighted by molar-refractivity contribution is 5.95. The molecular weight excluding hydrogens is 252 g/mol. The molecule has 0 aliphatic rings. The zero-order chi connectivity index (χ0) is 14.4. The number of Topliss-reactive ketones (excluding diaryl/α,β-unsaturated/α-hetero) is 1. The molecule has 0 amide bonds. The SMILES string of the molecule is NC(C(=O)O)C(N)C(=O)COC(=O)c1ccccc1. The Balaban J connectivity index is 2.51. The summed E-state index contributed by atoms with van der Waals surface area (Å²) in [4.78, 5) is 33.5. The number of esters is 1. The molecule has 0 bridgehead atoms. The summed E-state index contributed by atoms with van der Waals surface area (Å²) >= 11 is 0. The fraction of sp³-hybridized carbons (Fsp3) is 0.250. The van der Waals surface area contributed by atoms with Gasteiger partial charge in [-0.3, -0.25) is 9.59 Å². The maximum atomic E-state index is 11.5. The average Bonchev–Trinajstić information content (AvgIpc) is 2.43. The monoisotopic (exact) mass is 266 g/mol. The summed E-state index contributed by atoms with van der Waals surface area (Å²) in [5.74, 6) is -2.83. The number of benzene rings is 1. The summed E-state index contributed by atoms with van der Waals surface area (Å²) in [5.41, 5.74) is 10.8. The Morgan fingerprint density at radius 1 is 1.11 bits per heavy atom. The minimum Gasteiger partial charge on any atom is -0.480 e. The second-order valence-corrected chi connectivity index (χ2v) is 3.80. The zero-order valence-electron chi connectivity index (χ0n) is 9.98. The van der Waals surface area contributed by atoms with E-state index >= 15 is 0 Å². The Bertz CT molecular complexity index is 474. The minimum absolute atomic E-state index is 0.284. The van der Waals surface area contributed by atoms with Crippen molar-refractivity contribution in [1.29, 1.82) is 0 Å². The van der Waals surface area contributed by atoms with Gasteiger partial charge >= 0.3 is 11.9 Å². The Hall–Kier alpha value is -2.25. The molecule has 0 saturated heterocycles. The number of carboxylic acid groups (broad SMARTS) is 1. The summed E-state index contributed by atoms with van der Waals surface area (Å²) in [6.45, 7) is -0.615. The van der Waals surface area contributed by atoms with Crippen LogP contribution in [0, 0.1) is 0 Å². The molecule has 19 heavy (non-hydrogen) atoms. The summed E-state index contributed by atoms with van der Waals surface area (Å²) in [5, 5.41) is 8.59. The van der Waals surface area contributed by atoms with Crippen LogP contribution in [0.3, 0.4) is 0 Å². The van der Waals surface area contributed by atoms with Crippen LogP contribution in [0.4, 0.5) is 0 Å². The highest BCUT2D eigenvalue weighted by atomic mass is 16.5. The number of carboxylic acids is 1. The van der Waals surface area contributed by atoms with Gasteiger partial charge in [0.2, 0.25) is 0 Å². The highest BCUT2D eigenvalue weighted by Crippen LogP contribution is 2.01. The number of carbonyl (C=O) groups excluding carboxylic acids is 2. The standard InChI is InChI=1S/C12H14N2O5/c13-9(10(14)11(16)17)8(15)6-19-12(18)7-4-2-1-3-5-7/h1-5,9-10H,6,13-14H2,(H,16,17). The van der Waals surface area contributed by atoms with Crippen LogP contribution >= 0.6 is 0 Å². The molecule has 1 aromatic rings.